The Labute approximate surface area is 154 Å². The Morgan fingerprint density at radius 2 is 1.85 bits per heavy atom. The molecule has 0 unspecified atom stereocenters. The highest BCUT2D eigenvalue weighted by atomic mass is 16.3. The summed E-state index contributed by atoms with van der Waals surface area (Å²) in [4.78, 5) is 12.9. The van der Waals surface area contributed by atoms with E-state index in [1.165, 1.54) is 19.3 Å². The van der Waals surface area contributed by atoms with Crippen LogP contribution >= 0.6 is 0 Å². The van der Waals surface area contributed by atoms with Crippen molar-refractivity contribution >= 4 is 5.91 Å². The molecule has 1 aliphatic heterocycles. The van der Waals surface area contributed by atoms with Crippen molar-refractivity contribution < 1.29 is 9.90 Å². The van der Waals surface area contributed by atoms with Gasteiger partial charge in [0.15, 0.2) is 0 Å². The van der Waals surface area contributed by atoms with E-state index >= 15 is 0 Å². The molecule has 0 atom stereocenters. The van der Waals surface area contributed by atoms with Gasteiger partial charge < -0.3 is 9.67 Å². The van der Waals surface area contributed by atoms with E-state index in [0.29, 0.717) is 0 Å². The van der Waals surface area contributed by atoms with Crippen LogP contribution in [0.2, 0.25) is 0 Å². The topological polar surface area (TPSA) is 57.5 Å². The summed E-state index contributed by atoms with van der Waals surface area (Å²) in [5, 5.41) is 11.6. The number of benzene rings is 1. The third-order valence-electron chi connectivity index (χ3n) is 5.53. The number of hydrogen-bond acceptors (Lipinski definition) is 3. The van der Waals surface area contributed by atoms with Gasteiger partial charge in [0.2, 0.25) is 0 Å². The molecule has 2 aliphatic rings. The molecule has 2 N–H and O–H groups in total. The van der Waals surface area contributed by atoms with Gasteiger partial charge in [-0.1, -0.05) is 6.42 Å². The SMILES string of the molecule is Cc1c(C(=O)NN2CCCCC2)cc(-c2ccc(O)cc2)n1CC1CC1. The highest BCUT2D eigenvalue weighted by Gasteiger charge is 2.26. The molecule has 1 aliphatic carbocycles. The highest BCUT2D eigenvalue weighted by molar-refractivity contribution is 5.96. The molecule has 2 fully saturated rings. The Bertz CT molecular complexity index is 784. The lowest BCUT2D eigenvalue weighted by Gasteiger charge is -2.26. The van der Waals surface area contributed by atoms with E-state index in [1.807, 2.05) is 30.1 Å². The van der Waals surface area contributed by atoms with Crippen LogP contribution in [0.1, 0.15) is 48.2 Å². The minimum atomic E-state index is -0.0148. The molecule has 2 aromatic rings. The van der Waals surface area contributed by atoms with Crippen LogP contribution in [0.3, 0.4) is 0 Å². The number of hydrogen-bond donors (Lipinski definition) is 2. The number of aromatic nitrogens is 1. The largest absolute Gasteiger partial charge is 0.508 e. The average Bonchev–Trinajstić information content (AvgIpc) is 3.41. The van der Waals surface area contributed by atoms with Crippen molar-refractivity contribution in [1.82, 2.24) is 15.0 Å². The Balaban J connectivity index is 1.63. The summed E-state index contributed by atoms with van der Waals surface area (Å²) in [6, 6.07) is 9.24. The van der Waals surface area contributed by atoms with Crippen LogP contribution in [0.5, 0.6) is 5.75 Å². The summed E-state index contributed by atoms with van der Waals surface area (Å²) >= 11 is 0. The number of phenolic OH excluding ortho intramolecular Hbond substituents is 1. The summed E-state index contributed by atoms with van der Waals surface area (Å²) in [5.74, 6) is 0.961. The molecule has 26 heavy (non-hydrogen) atoms. The minimum absolute atomic E-state index is 0.0148. The maximum absolute atomic E-state index is 12.9. The number of piperidine rings is 1. The number of hydrazine groups is 1. The Hall–Kier alpha value is -2.27. The van der Waals surface area contributed by atoms with E-state index in [9.17, 15) is 9.90 Å². The minimum Gasteiger partial charge on any atom is -0.508 e. The summed E-state index contributed by atoms with van der Waals surface area (Å²) in [7, 11) is 0. The highest BCUT2D eigenvalue weighted by Crippen LogP contribution is 2.35. The number of aromatic hydroxyl groups is 1. The zero-order chi connectivity index (χ0) is 18.1. The molecule has 0 spiro atoms. The van der Waals surface area contributed by atoms with Gasteiger partial charge >= 0.3 is 0 Å². The molecule has 138 valence electrons. The van der Waals surface area contributed by atoms with Crippen LogP contribution in [-0.4, -0.2) is 33.7 Å². The van der Waals surface area contributed by atoms with Gasteiger partial charge in [-0.3, -0.25) is 10.2 Å². The molecule has 0 radical (unpaired) electrons. The zero-order valence-electron chi connectivity index (χ0n) is 15.4. The van der Waals surface area contributed by atoms with E-state index < -0.39 is 0 Å². The summed E-state index contributed by atoms with van der Waals surface area (Å²) in [6.07, 6.45) is 6.06. The van der Waals surface area contributed by atoms with Crippen molar-refractivity contribution in [2.24, 2.45) is 5.92 Å². The fraction of sp³-hybridized carbons (Fsp3) is 0.476. The van der Waals surface area contributed by atoms with E-state index in [4.69, 9.17) is 0 Å². The van der Waals surface area contributed by atoms with E-state index in [-0.39, 0.29) is 11.7 Å². The number of rotatable bonds is 5. The maximum atomic E-state index is 12.9. The molecule has 4 rings (SSSR count). The molecule has 1 saturated heterocycles. The van der Waals surface area contributed by atoms with Gasteiger partial charge in [0.25, 0.3) is 5.91 Å². The quantitative estimate of drug-likeness (QED) is 0.861. The molecule has 5 heteroatoms. The number of carbonyl (C=O) groups is 1. The van der Waals surface area contributed by atoms with Gasteiger partial charge in [-0.25, -0.2) is 5.01 Å². The Morgan fingerprint density at radius 3 is 2.50 bits per heavy atom. The van der Waals surface area contributed by atoms with Crippen molar-refractivity contribution in [3.8, 4) is 17.0 Å². The van der Waals surface area contributed by atoms with Crippen LogP contribution in [0, 0.1) is 12.8 Å². The normalized spacial score (nSPS) is 18.0. The first-order valence-corrected chi connectivity index (χ1v) is 9.67. The molecule has 1 saturated carbocycles. The van der Waals surface area contributed by atoms with E-state index in [2.05, 4.69) is 9.99 Å². The van der Waals surface area contributed by atoms with Crippen LogP contribution in [0.4, 0.5) is 0 Å². The van der Waals surface area contributed by atoms with Crippen molar-refractivity contribution in [3.63, 3.8) is 0 Å². The second-order valence-corrected chi connectivity index (χ2v) is 7.62. The molecular weight excluding hydrogens is 326 g/mol. The molecule has 2 heterocycles. The Kier molecular flexibility index (Phi) is 4.72. The number of carbonyl (C=O) groups excluding carboxylic acids is 1. The molecular formula is C21H27N3O2. The van der Waals surface area contributed by atoms with E-state index in [1.54, 1.807) is 12.1 Å². The van der Waals surface area contributed by atoms with Gasteiger partial charge in [-0.05, 0) is 74.4 Å². The van der Waals surface area contributed by atoms with Gasteiger partial charge in [-0.15, -0.1) is 0 Å². The average molecular weight is 353 g/mol. The predicted octanol–water partition coefficient (Wildman–Crippen LogP) is 3.71. The van der Waals surface area contributed by atoms with Crippen molar-refractivity contribution in [2.75, 3.05) is 13.1 Å². The predicted molar refractivity (Wildman–Crippen MR) is 102 cm³/mol. The fourth-order valence-electron chi connectivity index (χ4n) is 3.75. The third-order valence-corrected chi connectivity index (χ3v) is 5.53. The van der Waals surface area contributed by atoms with Crippen LogP contribution in [0.15, 0.2) is 30.3 Å². The molecule has 1 aromatic heterocycles. The second-order valence-electron chi connectivity index (χ2n) is 7.62. The van der Waals surface area contributed by atoms with Crippen molar-refractivity contribution in [2.45, 2.75) is 45.6 Å². The fourth-order valence-corrected chi connectivity index (χ4v) is 3.75. The van der Waals surface area contributed by atoms with Gasteiger partial charge in [0.1, 0.15) is 5.75 Å². The standard InChI is InChI=1S/C21H27N3O2/c1-15-19(21(26)22-23-11-3-2-4-12-23)13-20(24(15)14-16-5-6-16)17-7-9-18(25)10-8-17/h7-10,13,16,25H,2-6,11-12,14H2,1H3,(H,22,26). The van der Waals surface area contributed by atoms with Crippen molar-refractivity contribution in [3.05, 3.63) is 41.6 Å². The molecule has 5 nitrogen and oxygen atoms in total. The second kappa shape index (κ2) is 7.16. The Morgan fingerprint density at radius 1 is 1.15 bits per heavy atom. The van der Waals surface area contributed by atoms with Crippen LogP contribution in [0.25, 0.3) is 11.3 Å². The summed E-state index contributed by atoms with van der Waals surface area (Å²) in [6.45, 7) is 4.85. The first-order chi connectivity index (χ1) is 12.6. The first kappa shape index (κ1) is 17.2. The van der Waals surface area contributed by atoms with Gasteiger partial charge in [0.05, 0.1) is 5.56 Å². The third kappa shape index (κ3) is 3.63. The number of nitrogens with zero attached hydrogens (tertiary/aromatic N) is 2. The lowest BCUT2D eigenvalue weighted by atomic mass is 10.1. The lowest BCUT2D eigenvalue weighted by Crippen LogP contribution is -2.45. The molecule has 1 aromatic carbocycles. The summed E-state index contributed by atoms with van der Waals surface area (Å²) in [5.41, 5.74) is 6.94. The van der Waals surface area contributed by atoms with Gasteiger partial charge in [0, 0.05) is 31.0 Å². The van der Waals surface area contributed by atoms with Gasteiger partial charge in [-0.2, -0.15) is 0 Å². The van der Waals surface area contributed by atoms with Crippen LogP contribution in [-0.2, 0) is 6.54 Å². The van der Waals surface area contributed by atoms with Crippen molar-refractivity contribution in [1.29, 1.82) is 0 Å². The molecule has 1 amide bonds. The first-order valence-electron chi connectivity index (χ1n) is 9.67. The van der Waals surface area contributed by atoms with E-state index in [0.717, 1.165) is 60.9 Å². The smallest absolute Gasteiger partial charge is 0.267 e. The number of phenols is 1. The summed E-state index contributed by atoms with van der Waals surface area (Å²) < 4.78 is 2.27. The maximum Gasteiger partial charge on any atom is 0.267 e. The number of nitrogens with one attached hydrogen (secondary N) is 1. The lowest BCUT2D eigenvalue weighted by molar-refractivity contribution is 0.0749. The zero-order valence-corrected chi connectivity index (χ0v) is 15.4. The molecule has 0 bridgehead atoms. The number of amides is 1. The monoisotopic (exact) mass is 353 g/mol. The van der Waals surface area contributed by atoms with Crippen LogP contribution < -0.4 is 5.43 Å².